The summed E-state index contributed by atoms with van der Waals surface area (Å²) in [6, 6.07) is 0.276. The number of amides is 1. The predicted octanol–water partition coefficient (Wildman–Crippen LogP) is 3.20. The number of thiazole rings is 1. The summed E-state index contributed by atoms with van der Waals surface area (Å²) in [5.74, 6) is 0.964. The van der Waals surface area contributed by atoms with Crippen LogP contribution in [0.15, 0.2) is 0 Å². The zero-order valence-corrected chi connectivity index (χ0v) is 14.0. The molecule has 1 aromatic rings. The van der Waals surface area contributed by atoms with Gasteiger partial charge in [0, 0.05) is 19.6 Å². The van der Waals surface area contributed by atoms with Crippen LogP contribution in [0, 0.1) is 5.92 Å². The molecule has 0 spiro atoms. The Labute approximate surface area is 130 Å². The van der Waals surface area contributed by atoms with Crippen molar-refractivity contribution >= 4 is 28.2 Å². The van der Waals surface area contributed by atoms with Crippen molar-refractivity contribution in [1.82, 2.24) is 9.88 Å². The number of aromatic nitrogens is 1. The minimum atomic E-state index is -0.00706. The molecule has 2 rings (SSSR count). The van der Waals surface area contributed by atoms with E-state index in [4.69, 9.17) is 5.73 Å². The van der Waals surface area contributed by atoms with E-state index in [1.54, 1.807) is 4.90 Å². The molecule has 1 heterocycles. The molecule has 1 aliphatic rings. The lowest BCUT2D eigenvalue weighted by atomic mass is 9.89. The van der Waals surface area contributed by atoms with Gasteiger partial charge in [0.2, 0.25) is 0 Å². The molecule has 1 aromatic heterocycles. The Bertz CT molecular complexity index is 480. The van der Waals surface area contributed by atoms with E-state index < -0.39 is 0 Å². The average Bonchev–Trinajstić information content (AvgIpc) is 2.78. The molecule has 1 saturated carbocycles. The Morgan fingerprint density at radius 2 is 2.10 bits per heavy atom. The van der Waals surface area contributed by atoms with Gasteiger partial charge in [-0.15, -0.1) is 0 Å². The lowest BCUT2D eigenvalue weighted by molar-refractivity contribution is 0.0766. The van der Waals surface area contributed by atoms with Crippen LogP contribution < -0.4 is 11.1 Å². The molecule has 21 heavy (non-hydrogen) atoms. The number of carbonyl (C=O) groups is 1. The van der Waals surface area contributed by atoms with Crippen molar-refractivity contribution in [2.24, 2.45) is 5.92 Å². The Balaban J connectivity index is 1.99. The lowest BCUT2D eigenvalue weighted by Gasteiger charge is -2.26. The molecule has 118 valence electrons. The van der Waals surface area contributed by atoms with E-state index in [0.717, 1.165) is 11.7 Å². The molecule has 0 bridgehead atoms. The average molecular weight is 310 g/mol. The first kappa shape index (κ1) is 16.1. The first-order chi connectivity index (χ1) is 9.97. The summed E-state index contributed by atoms with van der Waals surface area (Å²) in [7, 11) is 1.87. The molecule has 5 nitrogen and oxygen atoms in total. The lowest BCUT2D eigenvalue weighted by Crippen LogP contribution is -2.32. The highest BCUT2D eigenvalue weighted by Crippen LogP contribution is 2.28. The molecule has 1 amide bonds. The minimum Gasteiger partial charge on any atom is -0.382 e. The van der Waals surface area contributed by atoms with E-state index in [2.05, 4.69) is 10.3 Å². The zero-order valence-electron chi connectivity index (χ0n) is 13.2. The van der Waals surface area contributed by atoms with Crippen LogP contribution in [0.1, 0.15) is 55.6 Å². The fraction of sp³-hybridized carbons (Fsp3) is 0.733. The summed E-state index contributed by atoms with van der Waals surface area (Å²) >= 11 is 1.35. The summed E-state index contributed by atoms with van der Waals surface area (Å²) in [4.78, 5) is 19.1. The first-order valence-corrected chi connectivity index (χ1v) is 8.57. The molecule has 0 saturated heterocycles. The molecule has 0 aliphatic heterocycles. The normalized spacial score (nSPS) is 16.2. The van der Waals surface area contributed by atoms with Crippen LogP contribution in [-0.4, -0.2) is 35.4 Å². The number of nitrogens with one attached hydrogen (secondary N) is 1. The number of hydrogen-bond donors (Lipinski definition) is 2. The minimum absolute atomic E-state index is 0.00706. The topological polar surface area (TPSA) is 71.2 Å². The number of nitrogens with zero attached hydrogens (tertiary/aromatic N) is 2. The highest BCUT2D eigenvalue weighted by Gasteiger charge is 2.23. The van der Waals surface area contributed by atoms with Gasteiger partial charge in [-0.1, -0.05) is 30.6 Å². The number of hydrogen-bond acceptors (Lipinski definition) is 5. The Morgan fingerprint density at radius 3 is 2.71 bits per heavy atom. The van der Waals surface area contributed by atoms with Crippen LogP contribution in [0.4, 0.5) is 10.9 Å². The SMILES string of the molecule is CC(C)Nc1nc(N)c(C(=O)N(C)CC2CCCCC2)s1. The molecular formula is C15H26N4OS. The predicted molar refractivity (Wildman–Crippen MR) is 88.8 cm³/mol. The van der Waals surface area contributed by atoms with Gasteiger partial charge in [0.05, 0.1) is 0 Å². The summed E-state index contributed by atoms with van der Waals surface area (Å²) in [6.45, 7) is 4.89. The Hall–Kier alpha value is -1.30. The third-order valence-corrected chi connectivity index (χ3v) is 4.85. The standard InChI is InChI=1S/C15H26N4OS/c1-10(2)17-15-18-13(16)12(21-15)14(20)19(3)9-11-7-5-4-6-8-11/h10-11H,4-9,16H2,1-3H3,(H,17,18). The fourth-order valence-electron chi connectivity index (χ4n) is 2.81. The maximum atomic E-state index is 12.5. The van der Waals surface area contributed by atoms with Crippen LogP contribution in [0.2, 0.25) is 0 Å². The molecule has 6 heteroatoms. The maximum Gasteiger partial charge on any atom is 0.267 e. The van der Waals surface area contributed by atoms with Crippen LogP contribution in [0.5, 0.6) is 0 Å². The molecule has 1 aliphatic carbocycles. The summed E-state index contributed by atoms with van der Waals surface area (Å²) in [6.07, 6.45) is 6.38. The van der Waals surface area contributed by atoms with E-state index in [0.29, 0.717) is 16.6 Å². The van der Waals surface area contributed by atoms with Crippen LogP contribution in [0.25, 0.3) is 0 Å². The van der Waals surface area contributed by atoms with E-state index >= 15 is 0 Å². The van der Waals surface area contributed by atoms with Crippen LogP contribution >= 0.6 is 11.3 Å². The maximum absolute atomic E-state index is 12.5. The van der Waals surface area contributed by atoms with E-state index in [1.807, 2.05) is 20.9 Å². The molecule has 3 N–H and O–H groups in total. The molecule has 1 fully saturated rings. The van der Waals surface area contributed by atoms with Gasteiger partial charge in [0.25, 0.3) is 5.91 Å². The van der Waals surface area contributed by atoms with Crippen molar-refractivity contribution in [3.63, 3.8) is 0 Å². The summed E-state index contributed by atoms with van der Waals surface area (Å²) in [5, 5.41) is 3.92. The summed E-state index contributed by atoms with van der Waals surface area (Å²) in [5.41, 5.74) is 5.90. The van der Waals surface area contributed by atoms with E-state index in [9.17, 15) is 4.79 Å². The van der Waals surface area contributed by atoms with Crippen molar-refractivity contribution in [1.29, 1.82) is 0 Å². The smallest absolute Gasteiger partial charge is 0.267 e. The second-order valence-electron chi connectivity index (χ2n) is 6.22. The van der Waals surface area contributed by atoms with Crippen molar-refractivity contribution in [3.8, 4) is 0 Å². The van der Waals surface area contributed by atoms with Gasteiger partial charge in [-0.05, 0) is 32.6 Å². The third kappa shape index (κ3) is 4.33. The van der Waals surface area contributed by atoms with Crippen molar-refractivity contribution in [3.05, 3.63) is 4.88 Å². The first-order valence-electron chi connectivity index (χ1n) is 7.75. The highest BCUT2D eigenvalue weighted by atomic mass is 32.1. The second-order valence-corrected chi connectivity index (χ2v) is 7.22. The monoisotopic (exact) mass is 310 g/mol. The van der Waals surface area contributed by atoms with Gasteiger partial charge in [-0.3, -0.25) is 4.79 Å². The molecule has 0 radical (unpaired) electrons. The molecule has 0 unspecified atom stereocenters. The van der Waals surface area contributed by atoms with Crippen LogP contribution in [-0.2, 0) is 0 Å². The van der Waals surface area contributed by atoms with Gasteiger partial charge >= 0.3 is 0 Å². The summed E-state index contributed by atoms with van der Waals surface area (Å²) < 4.78 is 0. The molecule has 0 aromatic carbocycles. The van der Waals surface area contributed by atoms with Gasteiger partial charge < -0.3 is 16.0 Å². The second kappa shape index (κ2) is 7.11. The van der Waals surface area contributed by atoms with Crippen LogP contribution in [0.3, 0.4) is 0 Å². The van der Waals surface area contributed by atoms with Gasteiger partial charge in [-0.25, -0.2) is 4.98 Å². The van der Waals surface area contributed by atoms with Gasteiger partial charge in [-0.2, -0.15) is 0 Å². The number of nitrogen functional groups attached to an aromatic ring is 1. The number of rotatable bonds is 5. The van der Waals surface area contributed by atoms with E-state index in [-0.39, 0.29) is 11.9 Å². The third-order valence-electron chi connectivity index (χ3n) is 3.86. The Morgan fingerprint density at radius 1 is 1.43 bits per heavy atom. The van der Waals surface area contributed by atoms with Crippen molar-refractivity contribution < 1.29 is 4.79 Å². The van der Waals surface area contributed by atoms with Crippen molar-refractivity contribution in [2.75, 3.05) is 24.6 Å². The molecular weight excluding hydrogens is 284 g/mol. The fourth-order valence-corrected chi connectivity index (χ4v) is 3.83. The largest absolute Gasteiger partial charge is 0.382 e. The number of anilines is 2. The highest BCUT2D eigenvalue weighted by molar-refractivity contribution is 7.18. The number of carbonyl (C=O) groups excluding carboxylic acids is 1. The molecule has 0 atom stereocenters. The van der Waals surface area contributed by atoms with E-state index in [1.165, 1.54) is 43.4 Å². The van der Waals surface area contributed by atoms with Gasteiger partial charge in [0.1, 0.15) is 10.7 Å². The van der Waals surface area contributed by atoms with Gasteiger partial charge in [0.15, 0.2) is 5.13 Å². The zero-order chi connectivity index (χ0) is 15.4. The van der Waals surface area contributed by atoms with Crippen molar-refractivity contribution in [2.45, 2.75) is 52.0 Å². The quantitative estimate of drug-likeness (QED) is 0.876. The Kier molecular flexibility index (Phi) is 5.45. The number of nitrogens with two attached hydrogens (primary N) is 1.